The molecule has 30 heavy (non-hydrogen) atoms. The topological polar surface area (TPSA) is 99.9 Å². The Bertz CT molecular complexity index is 1040. The monoisotopic (exact) mass is 408 g/mol. The molecule has 0 fully saturated rings. The third kappa shape index (κ3) is 4.85. The van der Waals surface area contributed by atoms with Gasteiger partial charge in [-0.3, -0.25) is 14.9 Å². The minimum absolute atomic E-state index is 0.0459. The SMILES string of the molecule is COc1cccc(NC(=O)[C@@H](Oc2ccc(OC)cc2[N+](=O)[O-])c2ccccc2)c1. The van der Waals surface area contributed by atoms with E-state index in [1.165, 1.54) is 32.4 Å². The van der Waals surface area contributed by atoms with Gasteiger partial charge in [-0.15, -0.1) is 0 Å². The Hall–Kier alpha value is -4.07. The number of methoxy groups -OCH3 is 2. The Labute approximate surface area is 173 Å². The number of anilines is 1. The van der Waals surface area contributed by atoms with Crippen molar-refractivity contribution in [1.82, 2.24) is 0 Å². The van der Waals surface area contributed by atoms with E-state index in [4.69, 9.17) is 14.2 Å². The molecule has 0 aliphatic heterocycles. The number of amides is 1. The molecule has 0 heterocycles. The van der Waals surface area contributed by atoms with E-state index in [1.54, 1.807) is 54.6 Å². The number of carbonyl (C=O) groups is 1. The van der Waals surface area contributed by atoms with E-state index >= 15 is 0 Å². The van der Waals surface area contributed by atoms with Gasteiger partial charge in [-0.25, -0.2) is 0 Å². The molecule has 0 radical (unpaired) electrons. The van der Waals surface area contributed by atoms with Crippen LogP contribution in [0.25, 0.3) is 0 Å². The van der Waals surface area contributed by atoms with Crippen LogP contribution in [0.15, 0.2) is 72.8 Å². The summed E-state index contributed by atoms with van der Waals surface area (Å²) in [6, 6.07) is 19.8. The molecule has 0 aliphatic rings. The van der Waals surface area contributed by atoms with E-state index < -0.39 is 16.9 Å². The average Bonchev–Trinajstić information content (AvgIpc) is 2.78. The third-order valence-corrected chi connectivity index (χ3v) is 4.29. The molecule has 3 aromatic carbocycles. The number of nitrogens with zero attached hydrogens (tertiary/aromatic N) is 1. The number of ether oxygens (including phenoxy) is 3. The average molecular weight is 408 g/mol. The summed E-state index contributed by atoms with van der Waals surface area (Å²) in [5.74, 6) is 0.358. The van der Waals surface area contributed by atoms with E-state index in [-0.39, 0.29) is 11.4 Å². The highest BCUT2D eigenvalue weighted by atomic mass is 16.6. The molecule has 0 aromatic heterocycles. The number of hydrogen-bond acceptors (Lipinski definition) is 6. The molecule has 0 unspecified atom stereocenters. The first-order chi connectivity index (χ1) is 14.5. The maximum absolute atomic E-state index is 13.0. The van der Waals surface area contributed by atoms with Crippen molar-refractivity contribution in [2.75, 3.05) is 19.5 Å². The van der Waals surface area contributed by atoms with Crippen LogP contribution in [-0.2, 0) is 4.79 Å². The van der Waals surface area contributed by atoms with Gasteiger partial charge in [0.15, 0.2) is 5.75 Å². The van der Waals surface area contributed by atoms with Crippen molar-refractivity contribution >= 4 is 17.3 Å². The van der Waals surface area contributed by atoms with Gasteiger partial charge in [0, 0.05) is 17.3 Å². The predicted molar refractivity (Wildman–Crippen MR) is 111 cm³/mol. The molecule has 154 valence electrons. The first-order valence-electron chi connectivity index (χ1n) is 9.00. The second-order valence-electron chi connectivity index (χ2n) is 6.22. The molecule has 0 spiro atoms. The lowest BCUT2D eigenvalue weighted by Crippen LogP contribution is -2.26. The molecular formula is C22H20N2O6. The fraction of sp³-hybridized carbons (Fsp3) is 0.136. The molecule has 0 aliphatic carbocycles. The maximum atomic E-state index is 13.0. The summed E-state index contributed by atoms with van der Waals surface area (Å²) in [4.78, 5) is 24.0. The molecule has 8 heteroatoms. The first-order valence-corrected chi connectivity index (χ1v) is 9.00. The van der Waals surface area contributed by atoms with Crippen molar-refractivity contribution in [3.63, 3.8) is 0 Å². The maximum Gasteiger partial charge on any atom is 0.314 e. The zero-order chi connectivity index (χ0) is 21.5. The number of nitrogens with one attached hydrogen (secondary N) is 1. The van der Waals surface area contributed by atoms with Gasteiger partial charge in [0.1, 0.15) is 11.5 Å². The number of rotatable bonds is 8. The van der Waals surface area contributed by atoms with E-state index in [0.717, 1.165) is 0 Å². The standard InChI is InChI=1S/C22H20N2O6/c1-28-17-10-6-9-16(13-17)23-22(25)21(15-7-4-3-5-8-15)30-20-12-11-18(29-2)14-19(20)24(26)27/h3-14,21H,1-2H3,(H,23,25)/t21-/m0/s1. The fourth-order valence-corrected chi connectivity index (χ4v) is 2.80. The van der Waals surface area contributed by atoms with Gasteiger partial charge in [-0.2, -0.15) is 0 Å². The molecule has 0 saturated heterocycles. The zero-order valence-corrected chi connectivity index (χ0v) is 16.4. The second kappa shape index (κ2) is 9.42. The van der Waals surface area contributed by atoms with Crippen LogP contribution < -0.4 is 19.5 Å². The van der Waals surface area contributed by atoms with Crippen molar-refractivity contribution in [1.29, 1.82) is 0 Å². The number of benzene rings is 3. The summed E-state index contributed by atoms with van der Waals surface area (Å²) in [6.45, 7) is 0. The van der Waals surface area contributed by atoms with E-state index in [0.29, 0.717) is 22.7 Å². The lowest BCUT2D eigenvalue weighted by molar-refractivity contribution is -0.386. The zero-order valence-electron chi connectivity index (χ0n) is 16.4. The van der Waals surface area contributed by atoms with E-state index in [2.05, 4.69) is 5.32 Å². The number of nitro groups is 1. The largest absolute Gasteiger partial charge is 0.497 e. The fourth-order valence-electron chi connectivity index (χ4n) is 2.80. The summed E-state index contributed by atoms with van der Waals surface area (Å²) in [5, 5.41) is 14.3. The normalized spacial score (nSPS) is 11.3. The highest BCUT2D eigenvalue weighted by Crippen LogP contribution is 2.34. The van der Waals surface area contributed by atoms with Crippen LogP contribution in [-0.4, -0.2) is 25.1 Å². The summed E-state index contributed by atoms with van der Waals surface area (Å²) in [6.07, 6.45) is -1.12. The number of nitro benzene ring substituents is 1. The molecule has 3 rings (SSSR count). The number of hydrogen-bond donors (Lipinski definition) is 1. The van der Waals surface area contributed by atoms with Crippen molar-refractivity contribution in [2.45, 2.75) is 6.10 Å². The summed E-state index contributed by atoms with van der Waals surface area (Å²) in [7, 11) is 2.94. The molecule has 0 bridgehead atoms. The molecule has 8 nitrogen and oxygen atoms in total. The molecule has 1 amide bonds. The molecule has 0 saturated carbocycles. The van der Waals surface area contributed by atoms with E-state index in [9.17, 15) is 14.9 Å². The Balaban J connectivity index is 1.94. The summed E-state index contributed by atoms with van der Waals surface area (Å²) in [5.41, 5.74) is 0.751. The van der Waals surface area contributed by atoms with Crippen LogP contribution in [0.4, 0.5) is 11.4 Å². The molecular weight excluding hydrogens is 388 g/mol. The van der Waals surface area contributed by atoms with Crippen LogP contribution >= 0.6 is 0 Å². The summed E-state index contributed by atoms with van der Waals surface area (Å²) < 4.78 is 16.1. The van der Waals surface area contributed by atoms with E-state index in [1.807, 2.05) is 0 Å². The number of carbonyl (C=O) groups excluding carboxylic acids is 1. The quantitative estimate of drug-likeness (QED) is 0.439. The van der Waals surface area contributed by atoms with Crippen LogP contribution in [0.2, 0.25) is 0 Å². The van der Waals surface area contributed by atoms with Gasteiger partial charge >= 0.3 is 5.69 Å². The van der Waals surface area contributed by atoms with Crippen LogP contribution in [0, 0.1) is 10.1 Å². The minimum atomic E-state index is -1.12. The third-order valence-electron chi connectivity index (χ3n) is 4.29. The Morgan fingerprint density at radius 2 is 1.63 bits per heavy atom. The molecule has 1 atom stereocenters. The highest BCUT2D eigenvalue weighted by molar-refractivity contribution is 5.95. The predicted octanol–water partition coefficient (Wildman–Crippen LogP) is 4.37. The van der Waals surface area contributed by atoms with Crippen LogP contribution in [0.1, 0.15) is 11.7 Å². The smallest absolute Gasteiger partial charge is 0.314 e. The van der Waals surface area contributed by atoms with Crippen LogP contribution in [0.3, 0.4) is 0 Å². The van der Waals surface area contributed by atoms with Gasteiger partial charge in [-0.1, -0.05) is 36.4 Å². The van der Waals surface area contributed by atoms with Crippen LogP contribution in [0.5, 0.6) is 17.2 Å². The van der Waals surface area contributed by atoms with Gasteiger partial charge in [0.25, 0.3) is 5.91 Å². The van der Waals surface area contributed by atoms with Crippen molar-refractivity contribution in [3.8, 4) is 17.2 Å². The second-order valence-corrected chi connectivity index (χ2v) is 6.22. The lowest BCUT2D eigenvalue weighted by Gasteiger charge is -2.19. The Morgan fingerprint density at radius 1 is 0.933 bits per heavy atom. The highest BCUT2D eigenvalue weighted by Gasteiger charge is 2.27. The van der Waals surface area contributed by atoms with Gasteiger partial charge in [-0.05, 0) is 24.3 Å². The first kappa shape index (κ1) is 20.7. The Kier molecular flexibility index (Phi) is 6.49. The van der Waals surface area contributed by atoms with Gasteiger partial charge < -0.3 is 19.5 Å². The molecule has 3 aromatic rings. The van der Waals surface area contributed by atoms with Crippen molar-refractivity contribution in [3.05, 3.63) is 88.5 Å². The summed E-state index contributed by atoms with van der Waals surface area (Å²) >= 11 is 0. The van der Waals surface area contributed by atoms with Gasteiger partial charge in [0.05, 0.1) is 25.2 Å². The van der Waals surface area contributed by atoms with Crippen molar-refractivity contribution in [2.24, 2.45) is 0 Å². The lowest BCUT2D eigenvalue weighted by atomic mass is 10.1. The van der Waals surface area contributed by atoms with Crippen molar-refractivity contribution < 1.29 is 23.9 Å². The molecule has 1 N–H and O–H groups in total. The minimum Gasteiger partial charge on any atom is -0.497 e. The van der Waals surface area contributed by atoms with Gasteiger partial charge in [0.2, 0.25) is 6.10 Å². The Morgan fingerprint density at radius 3 is 2.30 bits per heavy atom.